The normalized spacial score (nSPS) is 10.4. The van der Waals surface area contributed by atoms with E-state index in [0.717, 1.165) is 12.8 Å². The molecule has 0 aromatic heterocycles. The zero-order valence-corrected chi connectivity index (χ0v) is 9.11. The molecule has 0 N–H and O–H groups in total. The average molecular weight is 195 g/mol. The van der Waals surface area contributed by atoms with Crippen LogP contribution in [0.5, 0.6) is 0 Å². The van der Waals surface area contributed by atoms with E-state index in [9.17, 15) is 4.79 Å². The van der Waals surface area contributed by atoms with Crippen LogP contribution >= 0.6 is 0 Å². The molecule has 0 fully saturated rings. The summed E-state index contributed by atoms with van der Waals surface area (Å²) in [6.45, 7) is 7.11. The molecular weight excluding hydrogens is 174 g/mol. The molecule has 0 aliphatic heterocycles. The third kappa shape index (κ3) is 7.59. The molecule has 0 aromatic carbocycles. The molecule has 1 amide bonds. The van der Waals surface area contributed by atoms with Crippen molar-refractivity contribution in [3.63, 3.8) is 0 Å². The van der Waals surface area contributed by atoms with Crippen LogP contribution in [-0.2, 0) is 4.79 Å². The van der Waals surface area contributed by atoms with E-state index in [1.165, 1.54) is 19.3 Å². The molecule has 0 radical (unpaired) electrons. The summed E-state index contributed by atoms with van der Waals surface area (Å²) in [7, 11) is 0. The number of amides is 1. The predicted molar refractivity (Wildman–Crippen MR) is 61.1 cm³/mol. The first-order valence-corrected chi connectivity index (χ1v) is 5.30. The molecule has 0 spiro atoms. The molecule has 0 aromatic rings. The van der Waals surface area contributed by atoms with E-state index in [1.807, 2.05) is 6.08 Å². The van der Waals surface area contributed by atoms with E-state index in [2.05, 4.69) is 19.6 Å². The second-order valence-corrected chi connectivity index (χ2v) is 3.32. The van der Waals surface area contributed by atoms with Crippen molar-refractivity contribution < 1.29 is 4.79 Å². The lowest BCUT2D eigenvalue weighted by Gasteiger charge is -2.11. The van der Waals surface area contributed by atoms with E-state index in [1.54, 1.807) is 11.0 Å². The second kappa shape index (κ2) is 10.0. The van der Waals surface area contributed by atoms with Crippen LogP contribution in [0.15, 0.2) is 24.8 Å². The Balaban J connectivity index is 3.47. The standard InChI is InChI=1S/C12H21NO/c1-3-5-6-7-8-9-11-13(12-14)10-4-2/h4,8-9,12H,2-3,5-7,10-11H2,1H3. The fourth-order valence-corrected chi connectivity index (χ4v) is 1.17. The lowest BCUT2D eigenvalue weighted by atomic mass is 10.2. The van der Waals surface area contributed by atoms with Gasteiger partial charge in [0.1, 0.15) is 0 Å². The Kier molecular flexibility index (Phi) is 9.28. The van der Waals surface area contributed by atoms with Crippen LogP contribution in [0.2, 0.25) is 0 Å². The Labute approximate surface area is 87.3 Å². The van der Waals surface area contributed by atoms with Crippen molar-refractivity contribution in [3.8, 4) is 0 Å². The Bertz CT molecular complexity index is 175. The van der Waals surface area contributed by atoms with E-state index < -0.39 is 0 Å². The number of carbonyl (C=O) groups is 1. The third-order valence-electron chi connectivity index (χ3n) is 1.99. The second-order valence-electron chi connectivity index (χ2n) is 3.32. The monoisotopic (exact) mass is 195 g/mol. The molecule has 0 saturated heterocycles. The maximum atomic E-state index is 10.5. The highest BCUT2D eigenvalue weighted by molar-refractivity contribution is 5.47. The van der Waals surface area contributed by atoms with Crippen molar-refractivity contribution in [1.82, 2.24) is 4.90 Å². The molecule has 0 unspecified atom stereocenters. The number of unbranched alkanes of at least 4 members (excludes halogenated alkanes) is 3. The van der Waals surface area contributed by atoms with Gasteiger partial charge in [0.15, 0.2) is 0 Å². The summed E-state index contributed by atoms with van der Waals surface area (Å²) in [6, 6.07) is 0. The topological polar surface area (TPSA) is 20.3 Å². The lowest BCUT2D eigenvalue weighted by molar-refractivity contribution is -0.117. The highest BCUT2D eigenvalue weighted by Gasteiger charge is 1.92. The summed E-state index contributed by atoms with van der Waals surface area (Å²) >= 11 is 0. The van der Waals surface area contributed by atoms with Gasteiger partial charge >= 0.3 is 0 Å². The van der Waals surface area contributed by atoms with Crippen LogP contribution in [0.3, 0.4) is 0 Å². The van der Waals surface area contributed by atoms with Gasteiger partial charge in [-0.1, -0.05) is 38.0 Å². The van der Waals surface area contributed by atoms with Crippen LogP contribution in [0.4, 0.5) is 0 Å². The van der Waals surface area contributed by atoms with Gasteiger partial charge in [0, 0.05) is 13.1 Å². The van der Waals surface area contributed by atoms with Crippen molar-refractivity contribution >= 4 is 6.41 Å². The van der Waals surface area contributed by atoms with Gasteiger partial charge < -0.3 is 4.90 Å². The zero-order chi connectivity index (χ0) is 10.6. The molecule has 0 heterocycles. The third-order valence-corrected chi connectivity index (χ3v) is 1.99. The molecule has 0 saturated carbocycles. The van der Waals surface area contributed by atoms with Gasteiger partial charge in [-0.3, -0.25) is 4.79 Å². The van der Waals surface area contributed by atoms with Crippen LogP contribution in [0.1, 0.15) is 32.6 Å². The van der Waals surface area contributed by atoms with Gasteiger partial charge in [0.25, 0.3) is 0 Å². The maximum absolute atomic E-state index is 10.5. The van der Waals surface area contributed by atoms with Gasteiger partial charge in [-0.15, -0.1) is 6.58 Å². The first-order valence-electron chi connectivity index (χ1n) is 5.30. The molecule has 0 aliphatic rings. The molecule has 14 heavy (non-hydrogen) atoms. The highest BCUT2D eigenvalue weighted by Crippen LogP contribution is 1.99. The molecule has 0 rings (SSSR count). The van der Waals surface area contributed by atoms with Gasteiger partial charge in [-0.05, 0) is 12.8 Å². The molecule has 80 valence electrons. The fourth-order valence-electron chi connectivity index (χ4n) is 1.17. The summed E-state index contributed by atoms with van der Waals surface area (Å²) < 4.78 is 0. The first kappa shape index (κ1) is 12.9. The minimum atomic E-state index is 0.628. The average Bonchev–Trinajstić information content (AvgIpc) is 2.21. The SMILES string of the molecule is C=CCN(C=O)CC=CCCCCC. The number of nitrogens with zero attached hydrogens (tertiary/aromatic N) is 1. The first-order chi connectivity index (χ1) is 6.85. The summed E-state index contributed by atoms with van der Waals surface area (Å²) in [6.07, 6.45) is 11.7. The molecule has 2 nitrogen and oxygen atoms in total. The van der Waals surface area contributed by atoms with Crippen LogP contribution in [0.25, 0.3) is 0 Å². The minimum Gasteiger partial charge on any atom is -0.338 e. The minimum absolute atomic E-state index is 0.628. The van der Waals surface area contributed by atoms with Gasteiger partial charge in [-0.25, -0.2) is 0 Å². The Hall–Kier alpha value is -1.05. The van der Waals surface area contributed by atoms with E-state index in [4.69, 9.17) is 0 Å². The van der Waals surface area contributed by atoms with Gasteiger partial charge in [-0.2, -0.15) is 0 Å². The highest BCUT2D eigenvalue weighted by atomic mass is 16.1. The summed E-state index contributed by atoms with van der Waals surface area (Å²) in [5, 5.41) is 0. The fraction of sp³-hybridized carbons (Fsp3) is 0.583. The molecule has 0 aliphatic carbocycles. The number of carbonyl (C=O) groups excluding carboxylic acids is 1. The van der Waals surface area contributed by atoms with Crippen LogP contribution < -0.4 is 0 Å². The predicted octanol–water partition coefficient (Wildman–Crippen LogP) is 2.77. The van der Waals surface area contributed by atoms with E-state index in [0.29, 0.717) is 13.1 Å². The van der Waals surface area contributed by atoms with Crippen LogP contribution in [0, 0.1) is 0 Å². The summed E-state index contributed by atoms with van der Waals surface area (Å²) in [4.78, 5) is 12.2. The molecule has 0 bridgehead atoms. The molecular formula is C12H21NO. The maximum Gasteiger partial charge on any atom is 0.210 e. The smallest absolute Gasteiger partial charge is 0.210 e. The number of rotatable bonds is 9. The van der Waals surface area contributed by atoms with E-state index >= 15 is 0 Å². The molecule has 2 heteroatoms. The summed E-state index contributed by atoms with van der Waals surface area (Å²) in [5.74, 6) is 0. The number of hydrogen-bond donors (Lipinski definition) is 0. The van der Waals surface area contributed by atoms with Crippen molar-refractivity contribution in [2.75, 3.05) is 13.1 Å². The van der Waals surface area contributed by atoms with Gasteiger partial charge in [0.2, 0.25) is 6.41 Å². The largest absolute Gasteiger partial charge is 0.338 e. The lowest BCUT2D eigenvalue weighted by Crippen LogP contribution is -2.21. The van der Waals surface area contributed by atoms with Crippen LogP contribution in [-0.4, -0.2) is 24.4 Å². The number of allylic oxidation sites excluding steroid dienone is 1. The van der Waals surface area contributed by atoms with Crippen molar-refractivity contribution in [2.24, 2.45) is 0 Å². The van der Waals surface area contributed by atoms with Gasteiger partial charge in [0.05, 0.1) is 0 Å². The Morgan fingerprint density at radius 3 is 2.57 bits per heavy atom. The van der Waals surface area contributed by atoms with Crippen molar-refractivity contribution in [2.45, 2.75) is 32.6 Å². The van der Waals surface area contributed by atoms with Crippen molar-refractivity contribution in [1.29, 1.82) is 0 Å². The van der Waals surface area contributed by atoms with Crippen molar-refractivity contribution in [3.05, 3.63) is 24.8 Å². The Morgan fingerprint density at radius 2 is 2.00 bits per heavy atom. The number of hydrogen-bond acceptors (Lipinski definition) is 1. The molecule has 0 atom stereocenters. The van der Waals surface area contributed by atoms with E-state index in [-0.39, 0.29) is 0 Å². The zero-order valence-electron chi connectivity index (χ0n) is 9.11. The summed E-state index contributed by atoms with van der Waals surface area (Å²) in [5.41, 5.74) is 0. The Morgan fingerprint density at radius 1 is 1.21 bits per heavy atom. The quantitative estimate of drug-likeness (QED) is 0.315.